The fraction of sp³-hybridized carbons (Fsp3) is 0.150. The number of rotatable bonds is 6. The first kappa shape index (κ1) is 18.7. The van der Waals surface area contributed by atoms with Crippen LogP contribution in [0, 0.1) is 5.82 Å². The van der Waals surface area contributed by atoms with Crippen molar-refractivity contribution in [3.63, 3.8) is 0 Å². The van der Waals surface area contributed by atoms with E-state index in [0.717, 1.165) is 16.5 Å². The number of hydrogen-bond donors (Lipinski definition) is 0. The van der Waals surface area contributed by atoms with Gasteiger partial charge in [-0.2, -0.15) is 0 Å². The summed E-state index contributed by atoms with van der Waals surface area (Å²) in [4.78, 5) is 4.41. The highest BCUT2D eigenvalue weighted by Gasteiger charge is 2.17. The van der Waals surface area contributed by atoms with Crippen molar-refractivity contribution in [2.75, 3.05) is 0 Å². The van der Waals surface area contributed by atoms with Crippen molar-refractivity contribution in [2.24, 2.45) is 0 Å². The number of halogens is 2. The minimum atomic E-state index is -0.460. The summed E-state index contributed by atoms with van der Waals surface area (Å²) in [6.07, 6.45) is -0.460. The maximum atomic E-state index is 13.0. The second-order valence-electron chi connectivity index (χ2n) is 6.04. The molecule has 2 aromatic carbocycles. The molecule has 0 radical (unpaired) electrons. The van der Waals surface area contributed by atoms with E-state index in [9.17, 15) is 4.39 Å². The third kappa shape index (κ3) is 4.26. The summed E-state index contributed by atoms with van der Waals surface area (Å²) in [6.45, 7) is 1.79. The Morgan fingerprint density at radius 1 is 1.14 bits per heavy atom. The molecule has 0 amide bonds. The highest BCUT2D eigenvalue weighted by atomic mass is 35.5. The second kappa shape index (κ2) is 8.16. The number of thioether (sulfide) groups is 1. The first-order valence-electron chi connectivity index (χ1n) is 8.51. The van der Waals surface area contributed by atoms with Gasteiger partial charge in [0, 0.05) is 16.7 Å². The highest BCUT2D eigenvalue weighted by Crippen LogP contribution is 2.29. The van der Waals surface area contributed by atoms with Gasteiger partial charge >= 0.3 is 0 Å². The summed E-state index contributed by atoms with van der Waals surface area (Å²) in [6, 6.07) is 15.6. The molecular weight excluding hydrogens is 401 g/mol. The molecule has 0 aliphatic rings. The zero-order chi connectivity index (χ0) is 19.5. The fourth-order valence-corrected chi connectivity index (χ4v) is 3.62. The summed E-state index contributed by atoms with van der Waals surface area (Å²) in [5, 5.41) is 9.96. The Balaban J connectivity index is 1.42. The SMILES string of the molecule is C[C@@H](Oc1ccc(F)cc1)c1nnc(SCc2cc3ccccc3nc2Cl)o1. The smallest absolute Gasteiger partial charge is 0.277 e. The minimum Gasteiger partial charge on any atom is -0.481 e. The van der Waals surface area contributed by atoms with Crippen molar-refractivity contribution < 1.29 is 13.5 Å². The van der Waals surface area contributed by atoms with Gasteiger partial charge in [0.15, 0.2) is 6.10 Å². The molecule has 0 unspecified atom stereocenters. The van der Waals surface area contributed by atoms with Gasteiger partial charge in [-0.3, -0.25) is 0 Å². The number of benzene rings is 2. The highest BCUT2D eigenvalue weighted by molar-refractivity contribution is 7.98. The summed E-state index contributed by atoms with van der Waals surface area (Å²) in [5.74, 6) is 1.09. The monoisotopic (exact) mass is 415 g/mol. The molecule has 4 aromatic rings. The van der Waals surface area contributed by atoms with Gasteiger partial charge in [0.2, 0.25) is 0 Å². The first-order chi connectivity index (χ1) is 13.6. The van der Waals surface area contributed by atoms with Crippen LogP contribution in [0.2, 0.25) is 5.15 Å². The van der Waals surface area contributed by atoms with E-state index in [0.29, 0.717) is 27.8 Å². The topological polar surface area (TPSA) is 61.0 Å². The van der Waals surface area contributed by atoms with Gasteiger partial charge in [-0.15, -0.1) is 10.2 Å². The van der Waals surface area contributed by atoms with Gasteiger partial charge in [-0.25, -0.2) is 9.37 Å². The van der Waals surface area contributed by atoms with E-state index in [1.54, 1.807) is 19.1 Å². The summed E-state index contributed by atoms with van der Waals surface area (Å²) in [7, 11) is 0. The van der Waals surface area contributed by atoms with Crippen molar-refractivity contribution in [3.05, 3.63) is 77.0 Å². The van der Waals surface area contributed by atoms with E-state index in [1.165, 1.54) is 23.9 Å². The Labute approximate surface area is 169 Å². The summed E-state index contributed by atoms with van der Waals surface area (Å²) < 4.78 is 24.3. The number of pyridine rings is 1. The second-order valence-corrected chi connectivity index (χ2v) is 7.32. The molecule has 2 aromatic heterocycles. The third-order valence-corrected chi connectivity index (χ3v) is 5.19. The van der Waals surface area contributed by atoms with Crippen molar-refractivity contribution in [3.8, 4) is 5.75 Å². The Morgan fingerprint density at radius 3 is 2.75 bits per heavy atom. The first-order valence-corrected chi connectivity index (χ1v) is 9.87. The Bertz CT molecular complexity index is 1100. The van der Waals surface area contributed by atoms with Crippen molar-refractivity contribution in [1.29, 1.82) is 0 Å². The van der Waals surface area contributed by atoms with Crippen LogP contribution < -0.4 is 4.74 Å². The molecule has 2 heterocycles. The van der Waals surface area contributed by atoms with Crippen LogP contribution in [-0.2, 0) is 5.75 Å². The molecule has 5 nitrogen and oxygen atoms in total. The largest absolute Gasteiger partial charge is 0.481 e. The van der Waals surface area contributed by atoms with Crippen LogP contribution in [0.3, 0.4) is 0 Å². The standard InChI is InChI=1S/C20H15ClFN3O2S/c1-12(26-16-8-6-15(22)7-9-16)19-24-25-20(27-19)28-11-14-10-13-4-2-3-5-17(13)23-18(14)21/h2-10,12H,11H2,1H3/t12-/m1/s1. The molecular formula is C20H15ClFN3O2S. The molecule has 8 heteroatoms. The van der Waals surface area contributed by atoms with E-state index >= 15 is 0 Å². The van der Waals surface area contributed by atoms with Crippen molar-refractivity contribution in [1.82, 2.24) is 15.2 Å². The molecule has 4 rings (SSSR count). The quantitative estimate of drug-likeness (QED) is 0.291. The lowest BCUT2D eigenvalue weighted by atomic mass is 10.2. The number of hydrogen-bond acceptors (Lipinski definition) is 6. The Hall–Kier alpha value is -2.64. The predicted octanol–water partition coefficient (Wildman–Crippen LogP) is 5.84. The maximum Gasteiger partial charge on any atom is 0.277 e. The van der Waals surface area contributed by atoms with Gasteiger partial charge < -0.3 is 9.15 Å². The van der Waals surface area contributed by atoms with Gasteiger partial charge in [0.1, 0.15) is 16.7 Å². The van der Waals surface area contributed by atoms with Gasteiger partial charge in [0.05, 0.1) is 5.52 Å². The molecule has 0 aliphatic heterocycles. The minimum absolute atomic E-state index is 0.321. The van der Waals surface area contributed by atoms with Gasteiger partial charge in [-0.05, 0) is 43.3 Å². The molecule has 0 saturated carbocycles. The third-order valence-electron chi connectivity index (χ3n) is 4.00. The molecule has 0 fully saturated rings. The van der Waals surface area contributed by atoms with Crippen LogP contribution in [0.25, 0.3) is 10.9 Å². The van der Waals surface area contributed by atoms with E-state index in [1.807, 2.05) is 30.3 Å². The van der Waals surface area contributed by atoms with Crippen LogP contribution in [-0.4, -0.2) is 15.2 Å². The van der Waals surface area contributed by atoms with Crippen LogP contribution in [0.4, 0.5) is 4.39 Å². The summed E-state index contributed by atoms with van der Waals surface area (Å²) in [5.41, 5.74) is 1.74. The van der Waals surface area contributed by atoms with E-state index in [2.05, 4.69) is 15.2 Å². The fourth-order valence-electron chi connectivity index (χ4n) is 2.59. The van der Waals surface area contributed by atoms with E-state index < -0.39 is 6.10 Å². The molecule has 28 heavy (non-hydrogen) atoms. The van der Waals surface area contributed by atoms with Gasteiger partial charge in [-0.1, -0.05) is 41.6 Å². The average molecular weight is 416 g/mol. The van der Waals surface area contributed by atoms with E-state index in [-0.39, 0.29) is 5.82 Å². The number of nitrogens with zero attached hydrogens (tertiary/aromatic N) is 3. The number of para-hydroxylation sites is 1. The van der Waals surface area contributed by atoms with Gasteiger partial charge in [0.25, 0.3) is 11.1 Å². The molecule has 0 bridgehead atoms. The normalized spacial score (nSPS) is 12.2. The molecule has 0 spiro atoms. The lowest BCUT2D eigenvalue weighted by Crippen LogP contribution is -2.03. The molecule has 1 atom stereocenters. The lowest BCUT2D eigenvalue weighted by Gasteiger charge is -2.10. The molecule has 142 valence electrons. The van der Waals surface area contributed by atoms with Crippen molar-refractivity contribution >= 4 is 34.3 Å². The zero-order valence-corrected chi connectivity index (χ0v) is 16.4. The Morgan fingerprint density at radius 2 is 1.93 bits per heavy atom. The predicted molar refractivity (Wildman–Crippen MR) is 106 cm³/mol. The number of ether oxygens (including phenoxy) is 1. The van der Waals surface area contributed by atoms with E-state index in [4.69, 9.17) is 20.8 Å². The van der Waals surface area contributed by atoms with Crippen LogP contribution in [0.5, 0.6) is 5.75 Å². The average Bonchev–Trinajstić information content (AvgIpc) is 3.17. The van der Waals surface area contributed by atoms with Crippen LogP contribution >= 0.6 is 23.4 Å². The zero-order valence-electron chi connectivity index (χ0n) is 14.8. The number of aromatic nitrogens is 3. The maximum absolute atomic E-state index is 13.0. The Kier molecular flexibility index (Phi) is 5.45. The summed E-state index contributed by atoms with van der Waals surface area (Å²) >= 11 is 7.66. The lowest BCUT2D eigenvalue weighted by molar-refractivity contribution is 0.181. The van der Waals surface area contributed by atoms with Crippen molar-refractivity contribution in [2.45, 2.75) is 24.0 Å². The molecule has 0 saturated heterocycles. The molecule has 0 aliphatic carbocycles. The van der Waals surface area contributed by atoms with Crippen LogP contribution in [0.15, 0.2) is 64.2 Å². The number of fused-ring (bicyclic) bond motifs is 1. The van der Waals surface area contributed by atoms with Crippen LogP contribution in [0.1, 0.15) is 24.5 Å². The molecule has 0 N–H and O–H groups in total.